The summed E-state index contributed by atoms with van der Waals surface area (Å²) in [6.45, 7) is 6.23. The number of hydrogen-bond donors (Lipinski definition) is 0. The van der Waals surface area contributed by atoms with Gasteiger partial charge in [0.15, 0.2) is 6.10 Å². The maximum atomic E-state index is 12.5. The van der Waals surface area contributed by atoms with Crippen LogP contribution in [-0.4, -0.2) is 37.2 Å². The van der Waals surface area contributed by atoms with Crippen LogP contribution in [0.3, 0.4) is 0 Å². The molecule has 6 nitrogen and oxygen atoms in total. The third-order valence-corrected chi connectivity index (χ3v) is 8.46. The van der Waals surface area contributed by atoms with Crippen molar-refractivity contribution in [1.29, 1.82) is 0 Å². The Kier molecular flexibility index (Phi) is 38.2. The van der Waals surface area contributed by atoms with Gasteiger partial charge in [0.1, 0.15) is 13.2 Å². The molecule has 0 aromatic heterocycles. The number of allylic oxidation sites excluding steroid dienone is 11. The molecule has 296 valence electrons. The minimum absolute atomic E-state index is 0.0959. The van der Waals surface area contributed by atoms with Gasteiger partial charge in [-0.25, -0.2) is 0 Å². The molecule has 0 bridgehead atoms. The van der Waals surface area contributed by atoms with Crippen LogP contribution < -0.4 is 0 Å². The summed E-state index contributed by atoms with van der Waals surface area (Å²) < 4.78 is 16.5. The summed E-state index contributed by atoms with van der Waals surface area (Å²) in [4.78, 5) is 37.4. The van der Waals surface area contributed by atoms with Crippen LogP contribution in [0, 0.1) is 0 Å². The summed E-state index contributed by atoms with van der Waals surface area (Å²) in [7, 11) is 0. The molecule has 0 aromatic carbocycles. The zero-order chi connectivity index (χ0) is 38.0. The zero-order valence-corrected chi connectivity index (χ0v) is 33.5. The predicted octanol–water partition coefficient (Wildman–Crippen LogP) is 13.1. The Hall–Kier alpha value is -3.15. The quantitative estimate of drug-likeness (QED) is 0.0277. The minimum atomic E-state index is -0.836. The van der Waals surface area contributed by atoms with Gasteiger partial charge in [0.05, 0.1) is 6.42 Å². The Balaban J connectivity index is 4.42. The summed E-state index contributed by atoms with van der Waals surface area (Å²) >= 11 is 0. The van der Waals surface area contributed by atoms with E-state index in [0.29, 0.717) is 12.8 Å². The van der Waals surface area contributed by atoms with Crippen molar-refractivity contribution < 1.29 is 28.6 Å². The number of esters is 3. The van der Waals surface area contributed by atoms with E-state index in [2.05, 4.69) is 81.5 Å². The lowest BCUT2D eigenvalue weighted by molar-refractivity contribution is -0.166. The van der Waals surface area contributed by atoms with Gasteiger partial charge < -0.3 is 14.2 Å². The Morgan fingerprint density at radius 3 is 1.33 bits per heavy atom. The normalized spacial score (nSPS) is 12.8. The Morgan fingerprint density at radius 2 is 0.808 bits per heavy atom. The highest BCUT2D eigenvalue weighted by Gasteiger charge is 2.19. The van der Waals surface area contributed by atoms with Gasteiger partial charge in [-0.15, -0.1) is 0 Å². The lowest BCUT2D eigenvalue weighted by Gasteiger charge is -2.18. The maximum absolute atomic E-state index is 12.5. The fourth-order valence-electron chi connectivity index (χ4n) is 5.36. The van der Waals surface area contributed by atoms with E-state index in [1.807, 2.05) is 6.08 Å². The number of hydrogen-bond acceptors (Lipinski definition) is 6. The largest absolute Gasteiger partial charge is 0.462 e. The molecule has 1 unspecified atom stereocenters. The van der Waals surface area contributed by atoms with Gasteiger partial charge in [-0.1, -0.05) is 151 Å². The molecule has 0 aliphatic rings. The molecule has 0 heterocycles. The van der Waals surface area contributed by atoms with Crippen molar-refractivity contribution in [3.63, 3.8) is 0 Å². The van der Waals surface area contributed by atoms with Crippen molar-refractivity contribution in [2.24, 2.45) is 0 Å². The van der Waals surface area contributed by atoms with Crippen molar-refractivity contribution in [1.82, 2.24) is 0 Å². The second kappa shape index (κ2) is 40.6. The zero-order valence-electron chi connectivity index (χ0n) is 33.5. The van der Waals surface area contributed by atoms with Gasteiger partial charge in [-0.3, -0.25) is 14.4 Å². The van der Waals surface area contributed by atoms with E-state index in [0.717, 1.165) is 83.5 Å². The van der Waals surface area contributed by atoms with E-state index in [9.17, 15) is 14.4 Å². The fourth-order valence-corrected chi connectivity index (χ4v) is 5.36. The van der Waals surface area contributed by atoms with Crippen LogP contribution >= 0.6 is 0 Å². The molecule has 0 aliphatic carbocycles. The number of carbonyl (C=O) groups is 3. The van der Waals surface area contributed by atoms with E-state index in [1.54, 1.807) is 6.08 Å². The van der Waals surface area contributed by atoms with Gasteiger partial charge in [-0.2, -0.15) is 0 Å². The van der Waals surface area contributed by atoms with Crippen molar-refractivity contribution in [3.8, 4) is 0 Å². The van der Waals surface area contributed by atoms with Crippen molar-refractivity contribution in [2.75, 3.05) is 13.2 Å². The Labute approximate surface area is 319 Å². The first-order valence-corrected chi connectivity index (χ1v) is 20.9. The van der Waals surface area contributed by atoms with Crippen LogP contribution in [0.4, 0.5) is 0 Å². The van der Waals surface area contributed by atoms with E-state index in [4.69, 9.17) is 14.2 Å². The Morgan fingerprint density at radius 1 is 0.423 bits per heavy atom. The summed E-state index contributed by atoms with van der Waals surface area (Å²) in [6.07, 6.45) is 49.4. The standard InChI is InChI=1S/C46H76O6/c1-4-7-10-13-16-19-20-21-22-23-24-25-28-30-33-36-39-45(48)51-42-43(52-46(49)40-37-34-31-27-18-15-12-9-6-3)41-50-44(47)38-35-32-29-26-17-14-11-8-5-2/h8-9,11-12,17-18,22-23,26-27,34,37,43H,4-7,10,13-16,19-21,24-25,28-33,35-36,38-42H2,1-3H3/b11-8-,12-9-,23-22-,26-17-,27-18-,37-34-. The first-order valence-electron chi connectivity index (χ1n) is 20.9. The molecule has 0 N–H and O–H groups in total. The summed E-state index contributed by atoms with van der Waals surface area (Å²) in [5, 5.41) is 0. The van der Waals surface area contributed by atoms with Crippen LogP contribution in [0.2, 0.25) is 0 Å². The van der Waals surface area contributed by atoms with Crippen LogP contribution in [0.5, 0.6) is 0 Å². The Bertz CT molecular complexity index is 1020. The lowest BCUT2D eigenvalue weighted by Crippen LogP contribution is -2.30. The molecule has 0 aliphatic heterocycles. The fraction of sp³-hybridized carbons (Fsp3) is 0.674. The van der Waals surface area contributed by atoms with Gasteiger partial charge in [0.25, 0.3) is 0 Å². The van der Waals surface area contributed by atoms with Gasteiger partial charge in [-0.05, 0) is 83.5 Å². The summed E-state index contributed by atoms with van der Waals surface area (Å²) in [5.74, 6) is -1.11. The van der Waals surface area contributed by atoms with Crippen molar-refractivity contribution >= 4 is 17.9 Å². The highest BCUT2D eigenvalue weighted by molar-refractivity contribution is 5.72. The van der Waals surface area contributed by atoms with Crippen LogP contribution in [0.15, 0.2) is 72.9 Å². The molecule has 0 aromatic rings. The topological polar surface area (TPSA) is 78.9 Å². The molecule has 52 heavy (non-hydrogen) atoms. The third kappa shape index (κ3) is 38.1. The van der Waals surface area contributed by atoms with Crippen molar-refractivity contribution in [2.45, 2.75) is 187 Å². The minimum Gasteiger partial charge on any atom is -0.462 e. The first kappa shape index (κ1) is 48.9. The smallest absolute Gasteiger partial charge is 0.310 e. The van der Waals surface area contributed by atoms with Crippen LogP contribution in [0.25, 0.3) is 0 Å². The molecule has 0 amide bonds. The van der Waals surface area contributed by atoms with E-state index >= 15 is 0 Å². The lowest BCUT2D eigenvalue weighted by atomic mass is 10.1. The van der Waals surface area contributed by atoms with Crippen LogP contribution in [0.1, 0.15) is 181 Å². The molecular formula is C46H76O6. The highest BCUT2D eigenvalue weighted by Crippen LogP contribution is 2.12. The van der Waals surface area contributed by atoms with E-state index in [-0.39, 0.29) is 31.6 Å². The first-order chi connectivity index (χ1) is 25.5. The van der Waals surface area contributed by atoms with Crippen molar-refractivity contribution in [3.05, 3.63) is 72.9 Å². The molecule has 0 saturated carbocycles. The molecule has 0 radical (unpaired) electrons. The second-order valence-electron chi connectivity index (χ2n) is 13.5. The van der Waals surface area contributed by atoms with Gasteiger partial charge >= 0.3 is 17.9 Å². The highest BCUT2D eigenvalue weighted by atomic mass is 16.6. The molecule has 1 atom stereocenters. The molecule has 0 fully saturated rings. The number of ether oxygens (including phenoxy) is 3. The number of rotatable bonds is 36. The molecule has 0 saturated heterocycles. The van der Waals surface area contributed by atoms with Crippen LogP contribution in [-0.2, 0) is 28.6 Å². The molecule has 0 rings (SSSR count). The monoisotopic (exact) mass is 725 g/mol. The summed E-state index contributed by atoms with van der Waals surface area (Å²) in [6, 6.07) is 0. The SMILES string of the molecule is CC/C=C\C/C=C\C/C=C\CC(=O)OC(COC(=O)CCCC/C=C\C/C=C\CC)COC(=O)CCCCCCC/C=C\CCCCCCCCC. The summed E-state index contributed by atoms with van der Waals surface area (Å²) in [5.41, 5.74) is 0. The second-order valence-corrected chi connectivity index (χ2v) is 13.5. The molecule has 6 heteroatoms. The average molecular weight is 725 g/mol. The average Bonchev–Trinajstić information content (AvgIpc) is 3.14. The number of unbranched alkanes of at least 4 members (excludes halogenated alkanes) is 14. The van der Waals surface area contributed by atoms with Gasteiger partial charge in [0, 0.05) is 12.8 Å². The third-order valence-electron chi connectivity index (χ3n) is 8.46. The maximum Gasteiger partial charge on any atom is 0.310 e. The number of carbonyl (C=O) groups excluding carboxylic acids is 3. The molecular weight excluding hydrogens is 649 g/mol. The molecule has 0 spiro atoms. The van der Waals surface area contributed by atoms with E-state index in [1.165, 1.54) is 57.8 Å². The van der Waals surface area contributed by atoms with Gasteiger partial charge in [0.2, 0.25) is 0 Å². The predicted molar refractivity (Wildman–Crippen MR) is 219 cm³/mol. The van der Waals surface area contributed by atoms with E-state index < -0.39 is 12.1 Å².